The van der Waals surface area contributed by atoms with E-state index in [1.54, 1.807) is 30.3 Å². The van der Waals surface area contributed by atoms with Crippen molar-refractivity contribution in [1.82, 2.24) is 0 Å². The zero-order valence-corrected chi connectivity index (χ0v) is 12.9. The van der Waals surface area contributed by atoms with E-state index >= 15 is 0 Å². The van der Waals surface area contributed by atoms with E-state index in [9.17, 15) is 14.9 Å². The molecule has 0 radical (unpaired) electrons. The Morgan fingerprint density at radius 2 is 1.71 bits per heavy atom. The van der Waals surface area contributed by atoms with Crippen LogP contribution in [0, 0.1) is 10.1 Å². The number of nitro benzene ring substituents is 1. The molecule has 24 heavy (non-hydrogen) atoms. The summed E-state index contributed by atoms with van der Waals surface area (Å²) in [7, 11) is 0. The predicted octanol–water partition coefficient (Wildman–Crippen LogP) is 4.31. The molecule has 1 aliphatic carbocycles. The minimum Gasteiger partial charge on any atom is -0.465 e. The lowest BCUT2D eigenvalue weighted by molar-refractivity contribution is -0.384. The monoisotopic (exact) mass is 327 g/mol. The molecule has 0 aliphatic heterocycles. The summed E-state index contributed by atoms with van der Waals surface area (Å²) in [6.45, 7) is 0. The third-order valence-electron chi connectivity index (χ3n) is 4.10. The molecular formula is C17H17N3O4. The minimum absolute atomic E-state index is 0.139. The number of carboxylic acid groups (broad SMARTS) is 1. The number of carbonyl (C=O) groups is 1. The van der Waals surface area contributed by atoms with Crippen LogP contribution in [0.25, 0.3) is 0 Å². The van der Waals surface area contributed by atoms with Crippen LogP contribution >= 0.6 is 0 Å². The molecule has 3 N–H and O–H groups in total. The van der Waals surface area contributed by atoms with Crippen molar-refractivity contribution >= 4 is 28.8 Å². The van der Waals surface area contributed by atoms with E-state index in [1.807, 2.05) is 6.07 Å². The Balaban J connectivity index is 1.89. The molecule has 0 fully saturated rings. The van der Waals surface area contributed by atoms with Crippen LogP contribution in [0.3, 0.4) is 0 Å². The maximum Gasteiger partial charge on any atom is 0.409 e. The normalized spacial score (nSPS) is 13.0. The Labute approximate surface area is 138 Å². The van der Waals surface area contributed by atoms with Crippen LogP contribution in [0.5, 0.6) is 0 Å². The minimum atomic E-state index is -1.14. The summed E-state index contributed by atoms with van der Waals surface area (Å²) in [5.41, 5.74) is 3.57. The number of hydrogen-bond acceptors (Lipinski definition) is 4. The van der Waals surface area contributed by atoms with Crippen molar-refractivity contribution in [1.29, 1.82) is 0 Å². The number of aryl methyl sites for hydroxylation is 1. The number of amides is 1. The first kappa shape index (κ1) is 15.8. The molecule has 0 atom stereocenters. The second kappa shape index (κ2) is 6.57. The van der Waals surface area contributed by atoms with Gasteiger partial charge in [0.1, 0.15) is 5.69 Å². The lowest BCUT2D eigenvalue weighted by atomic mass is 9.90. The highest BCUT2D eigenvalue weighted by molar-refractivity contribution is 5.83. The van der Waals surface area contributed by atoms with E-state index in [0.29, 0.717) is 17.1 Å². The van der Waals surface area contributed by atoms with Gasteiger partial charge in [-0.2, -0.15) is 0 Å². The summed E-state index contributed by atoms with van der Waals surface area (Å²) in [5.74, 6) is 0. The summed E-state index contributed by atoms with van der Waals surface area (Å²) in [4.78, 5) is 21.8. The van der Waals surface area contributed by atoms with Crippen LogP contribution in [0.4, 0.5) is 27.5 Å². The van der Waals surface area contributed by atoms with Gasteiger partial charge >= 0.3 is 6.09 Å². The number of rotatable bonds is 4. The Morgan fingerprint density at radius 1 is 1.04 bits per heavy atom. The summed E-state index contributed by atoms with van der Waals surface area (Å²) >= 11 is 0. The molecule has 1 aliphatic rings. The molecule has 7 nitrogen and oxygen atoms in total. The van der Waals surface area contributed by atoms with Gasteiger partial charge in [0.05, 0.1) is 4.92 Å². The fourth-order valence-electron chi connectivity index (χ4n) is 3.03. The number of hydrogen-bond donors (Lipinski definition) is 3. The third-order valence-corrected chi connectivity index (χ3v) is 4.10. The van der Waals surface area contributed by atoms with Gasteiger partial charge in [0.2, 0.25) is 0 Å². The molecule has 2 aromatic rings. The van der Waals surface area contributed by atoms with E-state index in [1.165, 1.54) is 0 Å². The lowest BCUT2D eigenvalue weighted by Gasteiger charge is -2.18. The van der Waals surface area contributed by atoms with Crippen molar-refractivity contribution in [2.24, 2.45) is 0 Å². The van der Waals surface area contributed by atoms with Gasteiger partial charge in [0, 0.05) is 16.9 Å². The van der Waals surface area contributed by atoms with Crippen LogP contribution in [0.15, 0.2) is 36.4 Å². The molecule has 3 rings (SSSR count). The highest BCUT2D eigenvalue weighted by Gasteiger charge is 2.24. The number of nitrogens with zero attached hydrogens (tertiary/aromatic N) is 1. The standard InChI is InChI=1S/C17H17N3O4/c21-17(22)19-13-8-6-12(7-9-13)18-15-10-5-11-3-1-2-4-14(11)16(15)20(23)24/h5-10,18-19H,1-4H2,(H,21,22). The summed E-state index contributed by atoms with van der Waals surface area (Å²) in [6.07, 6.45) is 2.50. The maximum absolute atomic E-state index is 11.5. The molecule has 0 unspecified atom stereocenters. The Hall–Kier alpha value is -3.09. The highest BCUT2D eigenvalue weighted by Crippen LogP contribution is 2.37. The van der Waals surface area contributed by atoms with Crippen molar-refractivity contribution in [2.45, 2.75) is 25.7 Å². The molecule has 0 bridgehead atoms. The lowest BCUT2D eigenvalue weighted by Crippen LogP contribution is -2.09. The van der Waals surface area contributed by atoms with Gasteiger partial charge in [-0.3, -0.25) is 15.4 Å². The largest absolute Gasteiger partial charge is 0.465 e. The maximum atomic E-state index is 11.5. The molecule has 0 heterocycles. The molecule has 0 saturated carbocycles. The second-order valence-corrected chi connectivity index (χ2v) is 5.70. The molecule has 0 aromatic heterocycles. The number of anilines is 3. The van der Waals surface area contributed by atoms with Crippen LogP contribution in [0.1, 0.15) is 24.0 Å². The van der Waals surface area contributed by atoms with Crippen molar-refractivity contribution in [3.8, 4) is 0 Å². The fraction of sp³-hybridized carbons (Fsp3) is 0.235. The summed E-state index contributed by atoms with van der Waals surface area (Å²) < 4.78 is 0. The number of benzene rings is 2. The van der Waals surface area contributed by atoms with Crippen LogP contribution < -0.4 is 10.6 Å². The van der Waals surface area contributed by atoms with Gasteiger partial charge in [0.15, 0.2) is 0 Å². The Morgan fingerprint density at radius 3 is 2.38 bits per heavy atom. The molecule has 1 amide bonds. The van der Waals surface area contributed by atoms with Crippen molar-refractivity contribution in [3.05, 3.63) is 57.6 Å². The Bertz CT molecular complexity index is 787. The zero-order chi connectivity index (χ0) is 17.1. The summed E-state index contributed by atoms with van der Waals surface area (Å²) in [5, 5.41) is 25.5. The van der Waals surface area contributed by atoms with Gasteiger partial charge in [-0.1, -0.05) is 6.07 Å². The van der Waals surface area contributed by atoms with Crippen LogP contribution in [-0.4, -0.2) is 16.1 Å². The topological polar surface area (TPSA) is 104 Å². The van der Waals surface area contributed by atoms with Crippen molar-refractivity contribution in [3.63, 3.8) is 0 Å². The number of nitro groups is 1. The van der Waals surface area contributed by atoms with Gasteiger partial charge < -0.3 is 10.4 Å². The van der Waals surface area contributed by atoms with Crippen molar-refractivity contribution in [2.75, 3.05) is 10.6 Å². The zero-order valence-electron chi connectivity index (χ0n) is 12.9. The second-order valence-electron chi connectivity index (χ2n) is 5.70. The summed E-state index contributed by atoms with van der Waals surface area (Å²) in [6, 6.07) is 10.2. The molecule has 0 spiro atoms. The average Bonchev–Trinajstić information content (AvgIpc) is 2.55. The van der Waals surface area contributed by atoms with Crippen LogP contribution in [0.2, 0.25) is 0 Å². The molecule has 7 heteroatoms. The molecular weight excluding hydrogens is 310 g/mol. The first-order chi connectivity index (χ1) is 11.5. The number of fused-ring (bicyclic) bond motifs is 1. The van der Waals surface area contributed by atoms with E-state index in [-0.39, 0.29) is 10.6 Å². The third kappa shape index (κ3) is 3.29. The predicted molar refractivity (Wildman–Crippen MR) is 91.1 cm³/mol. The molecule has 2 aromatic carbocycles. The van der Waals surface area contributed by atoms with E-state index in [4.69, 9.17) is 5.11 Å². The molecule has 0 saturated heterocycles. The Kier molecular flexibility index (Phi) is 4.33. The smallest absolute Gasteiger partial charge is 0.409 e. The van der Waals surface area contributed by atoms with Crippen LogP contribution in [-0.2, 0) is 12.8 Å². The number of nitrogens with one attached hydrogen (secondary N) is 2. The fourth-order valence-corrected chi connectivity index (χ4v) is 3.03. The average molecular weight is 327 g/mol. The molecule has 124 valence electrons. The van der Waals surface area contributed by atoms with Gasteiger partial charge in [0.25, 0.3) is 5.69 Å². The SMILES string of the molecule is O=C(O)Nc1ccc(Nc2ccc3c(c2[N+](=O)[O-])CCCC3)cc1. The van der Waals surface area contributed by atoms with Gasteiger partial charge in [-0.25, -0.2) is 4.79 Å². The van der Waals surface area contributed by atoms with E-state index < -0.39 is 6.09 Å². The van der Waals surface area contributed by atoms with Gasteiger partial charge in [-0.15, -0.1) is 0 Å². The first-order valence-electron chi connectivity index (χ1n) is 7.71. The first-order valence-corrected chi connectivity index (χ1v) is 7.71. The van der Waals surface area contributed by atoms with E-state index in [0.717, 1.165) is 36.8 Å². The van der Waals surface area contributed by atoms with Gasteiger partial charge in [-0.05, 0) is 61.6 Å². The quantitative estimate of drug-likeness (QED) is 0.573. The highest BCUT2D eigenvalue weighted by atomic mass is 16.6. The van der Waals surface area contributed by atoms with E-state index in [2.05, 4.69) is 10.6 Å². The van der Waals surface area contributed by atoms with Crippen molar-refractivity contribution < 1.29 is 14.8 Å².